The third-order valence-electron chi connectivity index (χ3n) is 8.76. The number of likely N-dealkylation sites (tertiary alicyclic amines) is 1. The second-order valence-electron chi connectivity index (χ2n) is 11.8. The summed E-state index contributed by atoms with van der Waals surface area (Å²) in [5.41, 5.74) is 1.87. The second-order valence-corrected chi connectivity index (χ2v) is 13.9. The Hall–Kier alpha value is -3.63. The monoisotopic (exact) mass is 665 g/mol. The summed E-state index contributed by atoms with van der Waals surface area (Å²) in [6.07, 6.45) is 6.69. The van der Waals surface area contributed by atoms with Gasteiger partial charge in [-0.2, -0.15) is 8.78 Å². The topological polar surface area (TPSA) is 155 Å². The molecule has 1 atom stereocenters. The number of amides is 2. The lowest BCUT2D eigenvalue weighted by Crippen LogP contribution is -2.47. The minimum Gasteiger partial charge on any atom is -0.495 e. The van der Waals surface area contributed by atoms with E-state index in [-0.39, 0.29) is 35.3 Å². The number of imide groups is 1. The fourth-order valence-corrected chi connectivity index (χ4v) is 7.72. The maximum atomic E-state index is 13.0. The van der Waals surface area contributed by atoms with Crippen molar-refractivity contribution in [1.82, 2.24) is 24.5 Å². The summed E-state index contributed by atoms with van der Waals surface area (Å²) in [5.74, 6) is 0.668. The molecular formula is C30H41F2N7O6S. The lowest BCUT2D eigenvalue weighted by Gasteiger charge is -2.33. The molecule has 46 heavy (non-hydrogen) atoms. The fourth-order valence-electron chi connectivity index (χ4n) is 6.20. The van der Waals surface area contributed by atoms with E-state index >= 15 is 0 Å². The van der Waals surface area contributed by atoms with Crippen LogP contribution < -0.4 is 25.4 Å². The SMILES string of the molecule is COc1cc(C2CCN(CCCS(=O)(=O)N3CCC(Nc4ncc(OC(F)F)cn4)CC3)CC2)ccc1NC1CCC(=O)NC1=O. The summed E-state index contributed by atoms with van der Waals surface area (Å²) in [4.78, 5) is 33.9. The lowest BCUT2D eigenvalue weighted by atomic mass is 9.89. The Morgan fingerprint density at radius 1 is 1.02 bits per heavy atom. The first kappa shape index (κ1) is 33.7. The number of alkyl halides is 2. The van der Waals surface area contributed by atoms with Gasteiger partial charge in [0.2, 0.25) is 27.8 Å². The van der Waals surface area contributed by atoms with Crippen LogP contribution in [-0.4, -0.2) is 104 Å². The van der Waals surface area contributed by atoms with Crippen LogP contribution in [0.3, 0.4) is 0 Å². The number of sulfonamides is 1. The van der Waals surface area contributed by atoms with Crippen molar-refractivity contribution in [2.24, 2.45) is 0 Å². The van der Waals surface area contributed by atoms with Gasteiger partial charge in [0.05, 0.1) is 30.9 Å². The maximum Gasteiger partial charge on any atom is 0.387 e. The van der Waals surface area contributed by atoms with Gasteiger partial charge < -0.3 is 25.0 Å². The first-order chi connectivity index (χ1) is 22.1. The van der Waals surface area contributed by atoms with Crippen LogP contribution in [0.25, 0.3) is 0 Å². The van der Waals surface area contributed by atoms with Gasteiger partial charge in [0.25, 0.3) is 0 Å². The minimum absolute atomic E-state index is 0.0209. The van der Waals surface area contributed by atoms with E-state index in [9.17, 15) is 26.8 Å². The number of halogens is 2. The van der Waals surface area contributed by atoms with Crippen LogP contribution in [0.1, 0.15) is 56.4 Å². The predicted molar refractivity (Wildman–Crippen MR) is 166 cm³/mol. The smallest absolute Gasteiger partial charge is 0.387 e. The molecule has 252 valence electrons. The average molecular weight is 666 g/mol. The van der Waals surface area contributed by atoms with Gasteiger partial charge in [0.1, 0.15) is 11.8 Å². The number of methoxy groups -OCH3 is 1. The number of ether oxygens (including phenoxy) is 2. The molecule has 0 spiro atoms. The molecule has 5 rings (SSSR count). The highest BCUT2D eigenvalue weighted by Gasteiger charge is 2.30. The van der Waals surface area contributed by atoms with Crippen LogP contribution in [0.2, 0.25) is 0 Å². The summed E-state index contributed by atoms with van der Waals surface area (Å²) in [6, 6.07) is 5.48. The molecule has 2 amide bonds. The molecule has 2 aromatic rings. The molecule has 3 saturated heterocycles. The van der Waals surface area contributed by atoms with Gasteiger partial charge in [0.15, 0.2) is 5.75 Å². The average Bonchev–Trinajstić information content (AvgIpc) is 3.04. The summed E-state index contributed by atoms with van der Waals surface area (Å²) < 4.78 is 62.1. The molecule has 3 fully saturated rings. The van der Waals surface area contributed by atoms with Crippen molar-refractivity contribution in [2.45, 2.75) is 69.6 Å². The maximum absolute atomic E-state index is 13.0. The van der Waals surface area contributed by atoms with Crippen LogP contribution in [0.15, 0.2) is 30.6 Å². The van der Waals surface area contributed by atoms with E-state index in [0.29, 0.717) is 69.1 Å². The Morgan fingerprint density at radius 3 is 2.39 bits per heavy atom. The standard InChI is InChI=1S/C30H41F2N7O6S/c1-44-26-17-21(3-4-24(26)36-25-5-6-27(40)37-28(25)41)20-7-12-38(13-8-20)11-2-16-46(42,43)39-14-9-22(10-15-39)35-30-33-18-23(19-34-30)45-29(31)32/h3-4,17-20,22,25,29,36H,2,5-16H2,1H3,(H,33,34,35)(H,37,40,41). The number of piperidine rings is 3. The van der Waals surface area contributed by atoms with Gasteiger partial charge >= 0.3 is 6.61 Å². The van der Waals surface area contributed by atoms with Gasteiger partial charge in [-0.25, -0.2) is 22.7 Å². The Bertz CT molecular complexity index is 1450. The van der Waals surface area contributed by atoms with Crippen LogP contribution in [0, 0.1) is 0 Å². The number of hydrogen-bond donors (Lipinski definition) is 3. The zero-order valence-corrected chi connectivity index (χ0v) is 26.6. The zero-order valence-electron chi connectivity index (χ0n) is 25.8. The van der Waals surface area contributed by atoms with E-state index < -0.39 is 22.7 Å². The molecule has 3 N–H and O–H groups in total. The van der Waals surface area contributed by atoms with E-state index in [1.165, 1.54) is 12.4 Å². The highest BCUT2D eigenvalue weighted by molar-refractivity contribution is 7.89. The molecule has 13 nitrogen and oxygen atoms in total. The van der Waals surface area contributed by atoms with Crippen molar-refractivity contribution >= 4 is 33.5 Å². The number of carbonyl (C=O) groups excluding carboxylic acids is 2. The second kappa shape index (κ2) is 15.3. The molecule has 0 bridgehead atoms. The van der Waals surface area contributed by atoms with Crippen LogP contribution >= 0.6 is 0 Å². The number of rotatable bonds is 13. The number of carbonyl (C=O) groups is 2. The third-order valence-corrected chi connectivity index (χ3v) is 10.7. The molecule has 1 aromatic carbocycles. The molecule has 0 aliphatic carbocycles. The zero-order chi connectivity index (χ0) is 32.7. The highest BCUT2D eigenvalue weighted by Crippen LogP contribution is 2.34. The number of hydrogen-bond acceptors (Lipinski definition) is 11. The largest absolute Gasteiger partial charge is 0.495 e. The summed E-state index contributed by atoms with van der Waals surface area (Å²) in [6.45, 7) is 0.298. The van der Waals surface area contributed by atoms with Crippen molar-refractivity contribution in [1.29, 1.82) is 0 Å². The Labute approximate surface area is 267 Å². The molecule has 3 aliphatic heterocycles. The normalized spacial score (nSPS) is 20.8. The first-order valence-electron chi connectivity index (χ1n) is 15.6. The molecule has 0 saturated carbocycles. The fraction of sp³-hybridized carbons (Fsp3) is 0.600. The van der Waals surface area contributed by atoms with E-state index in [4.69, 9.17) is 4.74 Å². The minimum atomic E-state index is -3.38. The Kier molecular flexibility index (Phi) is 11.2. The summed E-state index contributed by atoms with van der Waals surface area (Å²) in [5, 5.41) is 8.70. The van der Waals surface area contributed by atoms with Crippen LogP contribution in [0.4, 0.5) is 20.4 Å². The van der Waals surface area contributed by atoms with Crippen molar-refractivity contribution in [3.63, 3.8) is 0 Å². The molecule has 1 aromatic heterocycles. The Balaban J connectivity index is 1.02. The van der Waals surface area contributed by atoms with E-state index in [0.717, 1.165) is 31.5 Å². The third kappa shape index (κ3) is 9.00. The number of nitrogens with zero attached hydrogens (tertiary/aromatic N) is 4. The number of aromatic nitrogens is 2. The van der Waals surface area contributed by atoms with Gasteiger partial charge in [0, 0.05) is 25.6 Å². The molecule has 1 unspecified atom stereocenters. The molecule has 4 heterocycles. The summed E-state index contributed by atoms with van der Waals surface area (Å²) >= 11 is 0. The quantitative estimate of drug-likeness (QED) is 0.271. The van der Waals surface area contributed by atoms with Gasteiger partial charge in [-0.15, -0.1) is 0 Å². The lowest BCUT2D eigenvalue weighted by molar-refractivity contribution is -0.133. The molecule has 16 heteroatoms. The number of benzene rings is 1. The highest BCUT2D eigenvalue weighted by atomic mass is 32.2. The van der Waals surface area contributed by atoms with Crippen molar-refractivity contribution in [3.05, 3.63) is 36.2 Å². The molecule has 3 aliphatic rings. The van der Waals surface area contributed by atoms with E-state index in [2.05, 4.69) is 41.6 Å². The number of nitrogens with one attached hydrogen (secondary N) is 3. The van der Waals surface area contributed by atoms with Gasteiger partial charge in [-0.3, -0.25) is 14.9 Å². The van der Waals surface area contributed by atoms with Crippen LogP contribution in [-0.2, 0) is 19.6 Å². The molecule has 0 radical (unpaired) electrons. The van der Waals surface area contributed by atoms with Gasteiger partial charge in [-0.05, 0) is 81.8 Å². The van der Waals surface area contributed by atoms with Gasteiger partial charge in [-0.1, -0.05) is 6.07 Å². The number of anilines is 2. The van der Waals surface area contributed by atoms with E-state index in [1.807, 2.05) is 12.1 Å². The van der Waals surface area contributed by atoms with Crippen molar-refractivity contribution < 1.29 is 36.3 Å². The first-order valence-corrected chi connectivity index (χ1v) is 17.2. The van der Waals surface area contributed by atoms with Crippen LogP contribution in [0.5, 0.6) is 11.5 Å². The Morgan fingerprint density at radius 2 is 1.74 bits per heavy atom. The summed E-state index contributed by atoms with van der Waals surface area (Å²) in [7, 11) is -1.79. The van der Waals surface area contributed by atoms with Crippen molar-refractivity contribution in [3.8, 4) is 11.5 Å². The van der Waals surface area contributed by atoms with E-state index in [1.54, 1.807) is 11.4 Å². The van der Waals surface area contributed by atoms with Crippen molar-refractivity contribution in [2.75, 3.05) is 56.2 Å². The predicted octanol–water partition coefficient (Wildman–Crippen LogP) is 2.78. The molecular weight excluding hydrogens is 624 g/mol.